The Labute approximate surface area is 106 Å². The number of nitrogen functional groups attached to an aromatic ring is 1. The number of imidazole rings is 1. The van der Waals surface area contributed by atoms with E-state index in [1.54, 1.807) is 4.68 Å². The van der Waals surface area contributed by atoms with Crippen LogP contribution in [-0.4, -0.2) is 19.3 Å². The smallest absolute Gasteiger partial charge is 0.207 e. The minimum absolute atomic E-state index is 0.441. The van der Waals surface area contributed by atoms with Gasteiger partial charge in [-0.25, -0.2) is 4.98 Å². The largest absolute Gasteiger partial charge is 0.369 e. The van der Waals surface area contributed by atoms with Gasteiger partial charge < -0.3 is 5.73 Å². The average molecular weight is 292 g/mol. The molecule has 0 unspecified atom stereocenters. The summed E-state index contributed by atoms with van der Waals surface area (Å²) in [6, 6.07) is 7.75. The number of fused-ring (bicyclic) bond motifs is 1. The molecule has 0 bridgehead atoms. The quantitative estimate of drug-likeness (QED) is 0.747. The molecule has 2 heterocycles. The number of aromatic nitrogens is 4. The highest BCUT2D eigenvalue weighted by molar-refractivity contribution is 9.10. The molecule has 0 saturated carbocycles. The summed E-state index contributed by atoms with van der Waals surface area (Å²) >= 11 is 3.45. The van der Waals surface area contributed by atoms with E-state index in [-0.39, 0.29) is 0 Å². The summed E-state index contributed by atoms with van der Waals surface area (Å²) in [4.78, 5) is 4.31. The molecule has 0 aliphatic heterocycles. The van der Waals surface area contributed by atoms with Gasteiger partial charge in [0.1, 0.15) is 0 Å². The number of nitrogens with two attached hydrogens (primary N) is 1. The molecule has 2 N–H and O–H groups in total. The highest BCUT2D eigenvalue weighted by Crippen LogP contribution is 2.24. The molecule has 0 atom stereocenters. The first kappa shape index (κ1) is 10.3. The lowest BCUT2D eigenvalue weighted by atomic mass is 10.3. The lowest BCUT2D eigenvalue weighted by Crippen LogP contribution is -2.02. The summed E-state index contributed by atoms with van der Waals surface area (Å²) in [5, 5.41) is 4.34. The molecule has 0 fully saturated rings. The Hall–Kier alpha value is -1.82. The molecule has 3 rings (SSSR count). The average Bonchev–Trinajstić information content (AvgIpc) is 2.81. The highest BCUT2D eigenvalue weighted by Gasteiger charge is 2.11. The van der Waals surface area contributed by atoms with Crippen molar-refractivity contribution < 1.29 is 0 Å². The molecule has 0 aliphatic rings. The van der Waals surface area contributed by atoms with Crippen LogP contribution in [0.1, 0.15) is 0 Å². The molecule has 0 radical (unpaired) electrons. The van der Waals surface area contributed by atoms with E-state index in [0.29, 0.717) is 5.95 Å². The standard InChI is InChI=1S/C11H10BrN5/c1-16-5-4-10(15-16)17-9-6-7(12)2-3-8(9)14-11(17)13/h2-6H,1H3,(H2,13,14). The van der Waals surface area contributed by atoms with Crippen molar-refractivity contribution in [2.24, 2.45) is 7.05 Å². The van der Waals surface area contributed by atoms with Gasteiger partial charge in [-0.3, -0.25) is 9.25 Å². The van der Waals surface area contributed by atoms with E-state index in [2.05, 4.69) is 26.0 Å². The van der Waals surface area contributed by atoms with Gasteiger partial charge in [0, 0.05) is 23.8 Å². The molecule has 0 aliphatic carbocycles. The number of nitrogens with zero attached hydrogens (tertiary/aromatic N) is 4. The monoisotopic (exact) mass is 291 g/mol. The van der Waals surface area contributed by atoms with Gasteiger partial charge >= 0.3 is 0 Å². The van der Waals surface area contributed by atoms with Gasteiger partial charge in [-0.2, -0.15) is 5.10 Å². The third kappa shape index (κ3) is 1.61. The lowest BCUT2D eigenvalue weighted by Gasteiger charge is -2.01. The van der Waals surface area contributed by atoms with Crippen LogP contribution in [0.2, 0.25) is 0 Å². The van der Waals surface area contributed by atoms with Crippen LogP contribution in [0, 0.1) is 0 Å². The van der Waals surface area contributed by atoms with Crippen molar-refractivity contribution in [2.75, 3.05) is 5.73 Å². The summed E-state index contributed by atoms with van der Waals surface area (Å²) in [7, 11) is 1.87. The predicted octanol–water partition coefficient (Wildman–Crippen LogP) is 2.10. The first-order chi connectivity index (χ1) is 8.15. The molecule has 0 saturated heterocycles. The Morgan fingerprint density at radius 3 is 2.82 bits per heavy atom. The summed E-state index contributed by atoms with van der Waals surface area (Å²) < 4.78 is 4.56. The van der Waals surface area contributed by atoms with Crippen LogP contribution < -0.4 is 5.73 Å². The van der Waals surface area contributed by atoms with E-state index < -0.39 is 0 Å². The maximum atomic E-state index is 5.93. The molecule has 5 nitrogen and oxygen atoms in total. The number of hydrogen-bond acceptors (Lipinski definition) is 3. The van der Waals surface area contributed by atoms with E-state index in [9.17, 15) is 0 Å². The molecular formula is C11H10BrN5. The highest BCUT2D eigenvalue weighted by atomic mass is 79.9. The van der Waals surface area contributed by atoms with Crippen molar-refractivity contribution in [3.63, 3.8) is 0 Å². The van der Waals surface area contributed by atoms with E-state index in [1.807, 2.05) is 42.1 Å². The van der Waals surface area contributed by atoms with Gasteiger partial charge in [0.15, 0.2) is 5.82 Å². The molecule has 86 valence electrons. The first-order valence-electron chi connectivity index (χ1n) is 5.08. The van der Waals surface area contributed by atoms with Crippen molar-refractivity contribution in [3.05, 3.63) is 34.9 Å². The number of rotatable bonds is 1. The second kappa shape index (κ2) is 3.59. The fraction of sp³-hybridized carbons (Fsp3) is 0.0909. The zero-order valence-electron chi connectivity index (χ0n) is 9.13. The van der Waals surface area contributed by atoms with E-state index >= 15 is 0 Å². The lowest BCUT2D eigenvalue weighted by molar-refractivity contribution is 0.754. The molecule has 17 heavy (non-hydrogen) atoms. The molecule has 1 aromatic carbocycles. The minimum Gasteiger partial charge on any atom is -0.369 e. The van der Waals surface area contributed by atoms with Crippen molar-refractivity contribution in [1.82, 2.24) is 19.3 Å². The van der Waals surface area contributed by atoms with Gasteiger partial charge in [-0.15, -0.1) is 0 Å². The molecular weight excluding hydrogens is 282 g/mol. The molecule has 6 heteroatoms. The first-order valence-corrected chi connectivity index (χ1v) is 5.88. The van der Waals surface area contributed by atoms with Crippen LogP contribution >= 0.6 is 15.9 Å². The number of anilines is 1. The van der Waals surface area contributed by atoms with Crippen molar-refractivity contribution in [2.45, 2.75) is 0 Å². The number of halogens is 1. The van der Waals surface area contributed by atoms with E-state index in [1.165, 1.54) is 0 Å². The van der Waals surface area contributed by atoms with E-state index in [4.69, 9.17) is 5.73 Å². The molecule has 0 amide bonds. The maximum absolute atomic E-state index is 5.93. The zero-order chi connectivity index (χ0) is 12.0. The number of hydrogen-bond donors (Lipinski definition) is 1. The fourth-order valence-corrected chi connectivity index (χ4v) is 2.18. The second-order valence-electron chi connectivity index (χ2n) is 3.79. The Kier molecular flexibility index (Phi) is 2.19. The van der Waals surface area contributed by atoms with Crippen molar-refractivity contribution in [1.29, 1.82) is 0 Å². The summed E-state index contributed by atoms with van der Waals surface area (Å²) in [5.74, 6) is 1.21. The maximum Gasteiger partial charge on any atom is 0.207 e. The SMILES string of the molecule is Cn1ccc(-n2c(N)nc3ccc(Br)cc32)n1. The third-order valence-corrected chi connectivity index (χ3v) is 3.06. The Balaban J connectivity index is 2.34. The van der Waals surface area contributed by atoms with Gasteiger partial charge in [0.25, 0.3) is 0 Å². The van der Waals surface area contributed by atoms with Crippen LogP contribution in [0.15, 0.2) is 34.9 Å². The summed E-state index contributed by atoms with van der Waals surface area (Å²) in [6.45, 7) is 0. The van der Waals surface area contributed by atoms with Crippen LogP contribution in [0.3, 0.4) is 0 Å². The Morgan fingerprint density at radius 2 is 2.12 bits per heavy atom. The van der Waals surface area contributed by atoms with Crippen LogP contribution in [0.5, 0.6) is 0 Å². The van der Waals surface area contributed by atoms with Crippen molar-refractivity contribution in [3.8, 4) is 5.82 Å². The van der Waals surface area contributed by atoms with Gasteiger partial charge in [0.2, 0.25) is 5.95 Å². The van der Waals surface area contributed by atoms with Gasteiger partial charge in [-0.05, 0) is 18.2 Å². The zero-order valence-corrected chi connectivity index (χ0v) is 10.7. The Morgan fingerprint density at radius 1 is 1.29 bits per heavy atom. The van der Waals surface area contributed by atoms with Crippen LogP contribution in [0.25, 0.3) is 16.9 Å². The molecule has 3 aromatic rings. The Bertz CT molecular complexity index is 697. The summed E-state index contributed by atoms with van der Waals surface area (Å²) in [6.07, 6.45) is 1.87. The minimum atomic E-state index is 0.441. The van der Waals surface area contributed by atoms with Gasteiger partial charge in [0.05, 0.1) is 11.0 Å². The number of aryl methyl sites for hydroxylation is 1. The van der Waals surface area contributed by atoms with Crippen LogP contribution in [-0.2, 0) is 7.05 Å². The second-order valence-corrected chi connectivity index (χ2v) is 4.70. The molecule has 2 aromatic heterocycles. The third-order valence-electron chi connectivity index (χ3n) is 2.57. The fourth-order valence-electron chi connectivity index (χ4n) is 1.83. The topological polar surface area (TPSA) is 61.7 Å². The normalized spacial score (nSPS) is 11.2. The number of benzene rings is 1. The van der Waals surface area contributed by atoms with Crippen molar-refractivity contribution >= 4 is 32.9 Å². The predicted molar refractivity (Wildman–Crippen MR) is 69.9 cm³/mol. The molecule has 0 spiro atoms. The van der Waals surface area contributed by atoms with Gasteiger partial charge in [-0.1, -0.05) is 15.9 Å². The summed E-state index contributed by atoms with van der Waals surface area (Å²) in [5.41, 5.74) is 7.73. The van der Waals surface area contributed by atoms with Crippen LogP contribution in [0.4, 0.5) is 5.95 Å². The van der Waals surface area contributed by atoms with E-state index in [0.717, 1.165) is 21.3 Å².